The fourth-order valence-corrected chi connectivity index (χ4v) is 3.36. The van der Waals surface area contributed by atoms with Gasteiger partial charge in [0.05, 0.1) is 7.11 Å². The van der Waals surface area contributed by atoms with E-state index in [4.69, 9.17) is 4.74 Å². The zero-order valence-electron chi connectivity index (χ0n) is 17.8. The highest BCUT2D eigenvalue weighted by Crippen LogP contribution is 2.09. The number of esters is 1. The summed E-state index contributed by atoms with van der Waals surface area (Å²) in [5.41, 5.74) is 4.80. The summed E-state index contributed by atoms with van der Waals surface area (Å²) in [6.45, 7) is 3.95. The van der Waals surface area contributed by atoms with Crippen molar-refractivity contribution in [2.75, 3.05) is 19.1 Å². The molecular formula is C21H34N3O4S+. The van der Waals surface area contributed by atoms with Crippen LogP contribution in [0, 0.1) is 5.92 Å². The van der Waals surface area contributed by atoms with Gasteiger partial charge in [-0.15, -0.1) is 0 Å². The van der Waals surface area contributed by atoms with Crippen molar-refractivity contribution in [3.63, 3.8) is 0 Å². The summed E-state index contributed by atoms with van der Waals surface area (Å²) in [5.74, 6) is -0.157. The largest absolute Gasteiger partial charge is 0.467 e. The number of carbonyl (C=O) groups excluding carboxylic acids is 3. The van der Waals surface area contributed by atoms with Crippen LogP contribution in [0.5, 0.6) is 0 Å². The molecule has 5 N–H and O–H groups in total. The van der Waals surface area contributed by atoms with Crippen molar-refractivity contribution < 1.29 is 24.9 Å². The smallest absolute Gasteiger partial charge is 0.328 e. The Bertz CT molecular complexity index is 655. The van der Waals surface area contributed by atoms with E-state index in [1.165, 1.54) is 7.11 Å². The molecule has 162 valence electrons. The van der Waals surface area contributed by atoms with Gasteiger partial charge < -0.3 is 21.1 Å². The molecule has 0 fully saturated rings. The number of nitrogens with one attached hydrogen (secondary N) is 2. The summed E-state index contributed by atoms with van der Waals surface area (Å²) in [5, 5.41) is 5.56. The zero-order chi connectivity index (χ0) is 21.8. The molecule has 0 heterocycles. The summed E-state index contributed by atoms with van der Waals surface area (Å²) in [4.78, 5) is 37.6. The van der Waals surface area contributed by atoms with Gasteiger partial charge in [-0.05, 0) is 29.9 Å². The first-order valence-electron chi connectivity index (χ1n) is 9.83. The minimum Gasteiger partial charge on any atom is -0.467 e. The fraction of sp³-hybridized carbons (Fsp3) is 0.571. The van der Waals surface area contributed by atoms with Gasteiger partial charge in [-0.25, -0.2) is 4.79 Å². The summed E-state index contributed by atoms with van der Waals surface area (Å²) in [7, 11) is 1.29. The Morgan fingerprint density at radius 1 is 1.07 bits per heavy atom. The van der Waals surface area contributed by atoms with Crippen molar-refractivity contribution in [2.45, 2.75) is 51.2 Å². The molecule has 0 bridgehead atoms. The molecule has 2 amide bonds. The maximum atomic E-state index is 12.9. The van der Waals surface area contributed by atoms with Crippen LogP contribution in [0.25, 0.3) is 0 Å². The molecule has 0 saturated heterocycles. The van der Waals surface area contributed by atoms with E-state index in [2.05, 4.69) is 16.4 Å². The lowest BCUT2D eigenvalue weighted by molar-refractivity contribution is -0.404. The van der Waals surface area contributed by atoms with Gasteiger partial charge in [-0.3, -0.25) is 9.59 Å². The third-order valence-corrected chi connectivity index (χ3v) is 5.11. The third-order valence-electron chi connectivity index (χ3n) is 4.47. The molecule has 1 rings (SSSR count). The van der Waals surface area contributed by atoms with Crippen LogP contribution in [0.15, 0.2) is 30.3 Å². The van der Waals surface area contributed by atoms with Crippen molar-refractivity contribution in [3.05, 3.63) is 35.9 Å². The molecule has 0 aromatic heterocycles. The van der Waals surface area contributed by atoms with Crippen molar-refractivity contribution in [1.29, 1.82) is 0 Å². The van der Waals surface area contributed by atoms with E-state index in [1.807, 2.05) is 50.4 Å². The van der Waals surface area contributed by atoms with Crippen molar-refractivity contribution in [2.24, 2.45) is 5.92 Å². The Labute approximate surface area is 177 Å². The molecule has 3 atom stereocenters. The van der Waals surface area contributed by atoms with E-state index >= 15 is 0 Å². The van der Waals surface area contributed by atoms with Crippen molar-refractivity contribution >= 4 is 29.5 Å². The number of rotatable bonds is 12. The van der Waals surface area contributed by atoms with Gasteiger partial charge in [0.2, 0.25) is 5.91 Å². The molecule has 0 spiro atoms. The molecule has 0 aliphatic rings. The second-order valence-corrected chi connectivity index (χ2v) is 8.43. The number of carbonyl (C=O) groups is 3. The molecule has 0 aliphatic heterocycles. The lowest BCUT2D eigenvalue weighted by atomic mass is 10.0. The minimum absolute atomic E-state index is 0.186. The second-order valence-electron chi connectivity index (χ2n) is 7.44. The van der Waals surface area contributed by atoms with Crippen LogP contribution in [-0.2, 0) is 25.5 Å². The summed E-state index contributed by atoms with van der Waals surface area (Å²) in [6.07, 6.45) is 3.39. The van der Waals surface area contributed by atoms with Gasteiger partial charge in [0.15, 0.2) is 6.04 Å². The molecule has 0 unspecified atom stereocenters. The van der Waals surface area contributed by atoms with Crippen LogP contribution in [0.1, 0.15) is 32.3 Å². The molecule has 0 aliphatic carbocycles. The number of amides is 2. The number of thioether (sulfide) groups is 1. The topological polar surface area (TPSA) is 112 Å². The first kappa shape index (κ1) is 25.0. The Kier molecular flexibility index (Phi) is 11.4. The van der Waals surface area contributed by atoms with E-state index in [-0.39, 0.29) is 11.8 Å². The van der Waals surface area contributed by atoms with Crippen LogP contribution in [0.3, 0.4) is 0 Å². The van der Waals surface area contributed by atoms with E-state index in [1.54, 1.807) is 11.8 Å². The van der Waals surface area contributed by atoms with Gasteiger partial charge in [-0.1, -0.05) is 44.2 Å². The van der Waals surface area contributed by atoms with Gasteiger partial charge in [0, 0.05) is 12.8 Å². The Morgan fingerprint density at radius 3 is 2.24 bits per heavy atom. The first-order chi connectivity index (χ1) is 13.8. The lowest BCUT2D eigenvalue weighted by Crippen LogP contribution is -2.69. The predicted molar refractivity (Wildman–Crippen MR) is 115 cm³/mol. The first-order valence-corrected chi connectivity index (χ1v) is 11.2. The molecule has 29 heavy (non-hydrogen) atoms. The number of hydrogen-bond donors (Lipinski definition) is 3. The fourth-order valence-electron chi connectivity index (χ4n) is 2.84. The van der Waals surface area contributed by atoms with Crippen LogP contribution < -0.4 is 16.4 Å². The van der Waals surface area contributed by atoms with Crippen LogP contribution >= 0.6 is 11.8 Å². The number of methoxy groups -OCH3 is 1. The number of hydrogen-bond acceptors (Lipinski definition) is 5. The zero-order valence-corrected chi connectivity index (χ0v) is 18.6. The second kappa shape index (κ2) is 13.2. The summed E-state index contributed by atoms with van der Waals surface area (Å²) < 4.78 is 4.86. The highest BCUT2D eigenvalue weighted by Gasteiger charge is 2.29. The van der Waals surface area contributed by atoms with E-state index in [0.29, 0.717) is 19.3 Å². The highest BCUT2D eigenvalue weighted by molar-refractivity contribution is 7.98. The average Bonchev–Trinajstić information content (AvgIpc) is 2.70. The molecule has 1 aromatic carbocycles. The Hall–Kier alpha value is -2.06. The Balaban J connectivity index is 2.86. The maximum absolute atomic E-state index is 12.9. The van der Waals surface area contributed by atoms with E-state index in [0.717, 1.165) is 11.3 Å². The quantitative estimate of drug-likeness (QED) is 0.429. The van der Waals surface area contributed by atoms with Gasteiger partial charge in [-0.2, -0.15) is 11.8 Å². The normalized spacial score (nSPS) is 14.0. The van der Waals surface area contributed by atoms with Gasteiger partial charge >= 0.3 is 5.97 Å². The van der Waals surface area contributed by atoms with Crippen molar-refractivity contribution in [3.8, 4) is 0 Å². The molecule has 0 saturated carbocycles. The Morgan fingerprint density at radius 2 is 1.69 bits per heavy atom. The van der Waals surface area contributed by atoms with Crippen LogP contribution in [0.4, 0.5) is 0 Å². The summed E-state index contributed by atoms with van der Waals surface area (Å²) >= 11 is 1.65. The number of benzene rings is 1. The SMILES string of the molecule is COC(=O)[C@H](Cc1ccccc1)NC(=O)[C@@H](CC(C)C)NC(=O)[C@H]([NH3+])CCSC. The van der Waals surface area contributed by atoms with Gasteiger partial charge in [0.1, 0.15) is 12.1 Å². The number of ether oxygens (including phenoxy) is 1. The number of quaternary nitrogens is 1. The molecule has 0 radical (unpaired) electrons. The lowest BCUT2D eigenvalue weighted by Gasteiger charge is -2.24. The predicted octanol–water partition coefficient (Wildman–Crippen LogP) is 0.781. The molecule has 1 aromatic rings. The monoisotopic (exact) mass is 424 g/mol. The summed E-state index contributed by atoms with van der Waals surface area (Å²) in [6, 6.07) is 7.41. The maximum Gasteiger partial charge on any atom is 0.328 e. The molecular weight excluding hydrogens is 390 g/mol. The molecule has 7 nitrogen and oxygen atoms in total. The third kappa shape index (κ3) is 9.32. The minimum atomic E-state index is -0.825. The van der Waals surface area contributed by atoms with Gasteiger partial charge in [0.25, 0.3) is 5.91 Å². The van der Waals surface area contributed by atoms with E-state index < -0.39 is 30.0 Å². The standard InChI is InChI=1S/C21H33N3O4S/c1-14(2)12-17(23-19(25)16(22)10-11-29-4)20(26)24-18(21(27)28-3)13-15-8-6-5-7-9-15/h5-9,14,16-18H,10-13,22H2,1-4H3,(H,23,25)(H,24,26)/p+1/t16-,17-,18+/m1/s1. The van der Waals surface area contributed by atoms with Crippen LogP contribution in [-0.4, -0.2) is 55.0 Å². The average molecular weight is 425 g/mol. The highest BCUT2D eigenvalue weighted by atomic mass is 32.2. The van der Waals surface area contributed by atoms with Crippen LogP contribution in [0.2, 0.25) is 0 Å². The molecule has 8 heteroatoms. The van der Waals surface area contributed by atoms with E-state index in [9.17, 15) is 14.4 Å². The van der Waals surface area contributed by atoms with Crippen molar-refractivity contribution in [1.82, 2.24) is 10.6 Å².